The van der Waals surface area contributed by atoms with E-state index >= 15 is 0 Å². The third kappa shape index (κ3) is 4.46. The first kappa shape index (κ1) is 23.9. The van der Waals surface area contributed by atoms with Crippen molar-refractivity contribution in [2.45, 2.75) is 63.8 Å². The first-order valence-corrected chi connectivity index (χ1v) is 12.6. The van der Waals surface area contributed by atoms with Crippen LogP contribution in [-0.4, -0.2) is 35.9 Å². The molecule has 179 valence electrons. The molecular weight excluding hydrogens is 429 g/mol. The smallest absolute Gasteiger partial charge is 0.330 e. The second-order valence-corrected chi connectivity index (χ2v) is 11.0. The average Bonchev–Trinajstić information content (AvgIpc) is 3.16. The van der Waals surface area contributed by atoms with E-state index in [9.17, 15) is 5.11 Å². The Morgan fingerprint density at radius 3 is 2.26 bits per heavy atom. The van der Waals surface area contributed by atoms with E-state index in [1.54, 1.807) is 21.3 Å². The van der Waals surface area contributed by atoms with Crippen molar-refractivity contribution in [3.8, 4) is 0 Å². The molecule has 2 aromatic rings. The van der Waals surface area contributed by atoms with Crippen LogP contribution in [0, 0.1) is 5.92 Å². The highest BCUT2D eigenvalue weighted by atomic mass is 16.5. The first-order valence-electron chi connectivity index (χ1n) is 12.6. The Hall–Kier alpha value is -2.82. The summed E-state index contributed by atoms with van der Waals surface area (Å²) in [5.41, 5.74) is 4.62. The molecule has 0 amide bonds. The number of aliphatic hydroxyl groups is 1. The number of anilines is 1. The Morgan fingerprint density at radius 1 is 0.857 bits per heavy atom. The van der Waals surface area contributed by atoms with E-state index in [1.807, 2.05) is 13.8 Å². The molecule has 0 spiro atoms. The van der Waals surface area contributed by atoms with Gasteiger partial charge in [-0.2, -0.15) is 0 Å². The highest BCUT2D eigenvalue weighted by Crippen LogP contribution is 2.47. The molecule has 1 aliphatic heterocycles. The SMILES string of the molecule is CC1C=C(c2ccccc2)C=CC1N1c2ccccc2C2C=C([B]OC(C)(C)C(C)(C)O)C=CC21. The quantitative estimate of drug-likeness (QED) is 0.513. The number of fused-ring (bicyclic) bond motifs is 3. The average molecular weight is 464 g/mol. The van der Waals surface area contributed by atoms with E-state index in [4.69, 9.17) is 4.65 Å². The summed E-state index contributed by atoms with van der Waals surface area (Å²) in [6.07, 6.45) is 13.8. The van der Waals surface area contributed by atoms with Crippen molar-refractivity contribution in [3.63, 3.8) is 0 Å². The van der Waals surface area contributed by atoms with Gasteiger partial charge in [0.2, 0.25) is 0 Å². The summed E-state index contributed by atoms with van der Waals surface area (Å²) in [6, 6.07) is 19.9. The van der Waals surface area contributed by atoms with E-state index < -0.39 is 11.2 Å². The molecule has 4 atom stereocenters. The summed E-state index contributed by atoms with van der Waals surface area (Å²) in [4.78, 5) is 2.59. The molecule has 0 aromatic heterocycles. The second kappa shape index (κ2) is 9.00. The molecule has 2 aliphatic carbocycles. The maximum absolute atomic E-state index is 10.5. The Morgan fingerprint density at radius 2 is 1.54 bits per heavy atom. The molecule has 3 aliphatic rings. The van der Waals surface area contributed by atoms with Crippen molar-refractivity contribution in [2.24, 2.45) is 5.92 Å². The van der Waals surface area contributed by atoms with Crippen molar-refractivity contribution in [2.75, 3.05) is 4.90 Å². The van der Waals surface area contributed by atoms with Gasteiger partial charge in [0.25, 0.3) is 0 Å². The van der Waals surface area contributed by atoms with Gasteiger partial charge in [0.15, 0.2) is 0 Å². The zero-order valence-corrected chi connectivity index (χ0v) is 21.3. The summed E-state index contributed by atoms with van der Waals surface area (Å²) < 4.78 is 6.06. The van der Waals surface area contributed by atoms with Crippen LogP contribution in [0.2, 0.25) is 0 Å². The third-order valence-electron chi connectivity index (χ3n) is 7.97. The highest BCUT2D eigenvalue weighted by molar-refractivity contribution is 6.39. The van der Waals surface area contributed by atoms with Crippen molar-refractivity contribution in [1.82, 2.24) is 0 Å². The van der Waals surface area contributed by atoms with Gasteiger partial charge in [-0.1, -0.05) is 97.4 Å². The summed E-state index contributed by atoms with van der Waals surface area (Å²) in [5, 5.41) is 10.5. The van der Waals surface area contributed by atoms with Gasteiger partial charge in [0, 0.05) is 11.6 Å². The minimum absolute atomic E-state index is 0.260. The summed E-state index contributed by atoms with van der Waals surface area (Å²) in [5.74, 6) is 0.639. The fraction of sp³-hybridized carbons (Fsp3) is 0.355. The molecule has 1 N–H and O–H groups in total. The number of nitrogens with zero attached hydrogens (tertiary/aromatic N) is 1. The van der Waals surface area contributed by atoms with Crippen molar-refractivity contribution >= 4 is 18.7 Å². The van der Waals surface area contributed by atoms with Gasteiger partial charge >= 0.3 is 7.48 Å². The molecule has 4 heteroatoms. The number of hydrogen-bond acceptors (Lipinski definition) is 3. The van der Waals surface area contributed by atoms with Crippen LogP contribution in [0.4, 0.5) is 5.69 Å². The third-order valence-corrected chi connectivity index (χ3v) is 7.97. The van der Waals surface area contributed by atoms with E-state index in [0.717, 1.165) is 5.47 Å². The van der Waals surface area contributed by atoms with Crippen LogP contribution in [0.1, 0.15) is 51.7 Å². The second-order valence-electron chi connectivity index (χ2n) is 11.0. The minimum atomic E-state index is -0.947. The maximum atomic E-state index is 10.5. The lowest BCUT2D eigenvalue weighted by Crippen LogP contribution is -2.48. The molecule has 0 fully saturated rings. The Balaban J connectivity index is 1.40. The zero-order valence-electron chi connectivity index (χ0n) is 21.3. The molecule has 35 heavy (non-hydrogen) atoms. The molecular formula is C31H35BNO2. The normalized spacial score (nSPS) is 25.6. The monoisotopic (exact) mass is 464 g/mol. The van der Waals surface area contributed by atoms with Crippen molar-refractivity contribution < 1.29 is 9.76 Å². The number of para-hydroxylation sites is 1. The number of allylic oxidation sites excluding steroid dienone is 4. The van der Waals surface area contributed by atoms with Crippen LogP contribution < -0.4 is 4.90 Å². The molecule has 4 unspecified atom stereocenters. The first-order chi connectivity index (χ1) is 16.7. The van der Waals surface area contributed by atoms with Crippen LogP contribution in [0.3, 0.4) is 0 Å². The maximum Gasteiger partial charge on any atom is 0.330 e. The lowest BCUT2D eigenvalue weighted by molar-refractivity contribution is -0.0896. The fourth-order valence-electron chi connectivity index (χ4n) is 5.18. The number of hydrogen-bond donors (Lipinski definition) is 1. The number of benzene rings is 2. The van der Waals surface area contributed by atoms with Crippen molar-refractivity contribution in [1.29, 1.82) is 0 Å². The lowest BCUT2D eigenvalue weighted by atomic mass is 9.76. The molecule has 1 radical (unpaired) electrons. The predicted octanol–water partition coefficient (Wildman–Crippen LogP) is 6.26. The predicted molar refractivity (Wildman–Crippen MR) is 146 cm³/mol. The Labute approximate surface area is 210 Å². The minimum Gasteiger partial charge on any atom is -0.427 e. The Kier molecular flexibility index (Phi) is 6.15. The summed E-state index contributed by atoms with van der Waals surface area (Å²) >= 11 is 0. The molecule has 0 bridgehead atoms. The van der Waals surface area contributed by atoms with Crippen LogP contribution in [0.15, 0.2) is 96.5 Å². The molecule has 0 saturated heterocycles. The molecule has 3 nitrogen and oxygen atoms in total. The van der Waals surface area contributed by atoms with Crippen LogP contribution >= 0.6 is 0 Å². The van der Waals surface area contributed by atoms with Gasteiger partial charge in [-0.15, -0.1) is 0 Å². The van der Waals surface area contributed by atoms with E-state index in [-0.39, 0.29) is 18.0 Å². The highest BCUT2D eigenvalue weighted by Gasteiger charge is 2.42. The zero-order chi connectivity index (χ0) is 24.8. The van der Waals surface area contributed by atoms with E-state index in [1.165, 1.54) is 22.4 Å². The van der Waals surface area contributed by atoms with E-state index in [0.29, 0.717) is 5.92 Å². The van der Waals surface area contributed by atoms with Crippen LogP contribution in [0.25, 0.3) is 5.57 Å². The van der Waals surface area contributed by atoms with Gasteiger partial charge in [0.05, 0.1) is 23.3 Å². The standard InChI is InChI=1S/C31H35BNO2/c1-21-19-23(22-11-7-6-8-12-22)15-17-27(21)33-28-14-10-9-13-25(28)26-20-24(16-18-29(26)33)32-35-31(4,5)30(2,3)34/h6-21,26-27,29,34H,1-5H3. The van der Waals surface area contributed by atoms with Gasteiger partial charge in [0.1, 0.15) is 0 Å². The fourth-order valence-corrected chi connectivity index (χ4v) is 5.18. The summed E-state index contributed by atoms with van der Waals surface area (Å²) in [7, 11) is 1.80. The topological polar surface area (TPSA) is 32.7 Å². The van der Waals surface area contributed by atoms with Crippen LogP contribution in [0.5, 0.6) is 0 Å². The Bertz CT molecular complexity index is 1200. The molecule has 0 saturated carbocycles. The van der Waals surface area contributed by atoms with Crippen molar-refractivity contribution in [3.05, 3.63) is 108 Å². The van der Waals surface area contributed by atoms with Gasteiger partial charge in [-0.05, 0) is 56.4 Å². The largest absolute Gasteiger partial charge is 0.427 e. The van der Waals surface area contributed by atoms with Gasteiger partial charge in [-0.3, -0.25) is 0 Å². The van der Waals surface area contributed by atoms with Crippen LogP contribution in [-0.2, 0) is 4.65 Å². The molecule has 5 rings (SSSR count). The number of rotatable bonds is 6. The molecule has 2 aromatic carbocycles. The van der Waals surface area contributed by atoms with Gasteiger partial charge in [-0.25, -0.2) is 0 Å². The van der Waals surface area contributed by atoms with E-state index in [2.05, 4.69) is 103 Å². The van der Waals surface area contributed by atoms with Gasteiger partial charge < -0.3 is 14.7 Å². The summed E-state index contributed by atoms with van der Waals surface area (Å²) in [6.45, 7) is 9.72. The molecule has 1 heterocycles. The lowest BCUT2D eigenvalue weighted by Gasteiger charge is -2.39.